The van der Waals surface area contributed by atoms with Gasteiger partial charge in [-0.15, -0.1) is 0 Å². The zero-order valence-corrected chi connectivity index (χ0v) is 12.4. The van der Waals surface area contributed by atoms with Gasteiger partial charge in [0.2, 0.25) is 0 Å². The maximum Gasteiger partial charge on any atom is 0.177 e. The molecule has 1 aromatic carbocycles. The van der Waals surface area contributed by atoms with Crippen LogP contribution in [0.2, 0.25) is 0 Å². The molecule has 0 radical (unpaired) electrons. The Morgan fingerprint density at radius 3 is 2.80 bits per heavy atom. The molecule has 0 amide bonds. The van der Waals surface area contributed by atoms with E-state index < -0.39 is 0 Å². The molecule has 1 heterocycles. The lowest BCUT2D eigenvalue weighted by atomic mass is 10.0. The number of morpholine rings is 1. The smallest absolute Gasteiger partial charge is 0.177 e. The van der Waals surface area contributed by atoms with Gasteiger partial charge in [-0.1, -0.05) is 24.3 Å². The number of hydrogen-bond acceptors (Lipinski definition) is 4. The van der Waals surface area contributed by atoms with Gasteiger partial charge in [-0.3, -0.25) is 9.69 Å². The monoisotopic (exact) mass is 277 g/mol. The van der Waals surface area contributed by atoms with E-state index >= 15 is 0 Å². The third kappa shape index (κ3) is 3.66. The van der Waals surface area contributed by atoms with E-state index in [1.54, 1.807) is 0 Å². The fourth-order valence-corrected chi connectivity index (χ4v) is 2.81. The van der Waals surface area contributed by atoms with Gasteiger partial charge in [0.15, 0.2) is 5.78 Å². The van der Waals surface area contributed by atoms with E-state index in [0.29, 0.717) is 19.6 Å². The standard InChI is InChI=1S/C16H23NO3/c1-12-6-4-5-7-14(12)15(19)9-17-8-13(10-18)20-16(2,3)11-17/h4-7,13,18H,8-11H2,1-3H3. The zero-order chi connectivity index (χ0) is 14.8. The third-order valence-corrected chi connectivity index (χ3v) is 3.57. The maximum absolute atomic E-state index is 12.4. The SMILES string of the molecule is Cc1ccccc1C(=O)CN1CC(CO)OC(C)(C)C1. The fraction of sp³-hybridized carbons (Fsp3) is 0.562. The molecule has 4 nitrogen and oxygen atoms in total. The minimum absolute atomic E-state index is 0.0154. The summed E-state index contributed by atoms with van der Waals surface area (Å²) in [6.07, 6.45) is -0.219. The number of aliphatic hydroxyl groups excluding tert-OH is 1. The number of ketones is 1. The average Bonchev–Trinajstić information content (AvgIpc) is 2.37. The molecule has 0 aromatic heterocycles. The van der Waals surface area contributed by atoms with Crippen molar-refractivity contribution >= 4 is 5.78 Å². The summed E-state index contributed by atoms with van der Waals surface area (Å²) >= 11 is 0. The van der Waals surface area contributed by atoms with Crippen molar-refractivity contribution in [1.29, 1.82) is 0 Å². The Balaban J connectivity index is 2.06. The molecule has 1 aliphatic heterocycles. The quantitative estimate of drug-likeness (QED) is 0.850. The third-order valence-electron chi connectivity index (χ3n) is 3.57. The lowest BCUT2D eigenvalue weighted by molar-refractivity contribution is -0.146. The van der Waals surface area contributed by atoms with Crippen LogP contribution in [0.1, 0.15) is 29.8 Å². The van der Waals surface area contributed by atoms with Gasteiger partial charge in [0.25, 0.3) is 0 Å². The molecule has 1 aliphatic rings. The second kappa shape index (κ2) is 6.04. The van der Waals surface area contributed by atoms with E-state index in [0.717, 1.165) is 11.1 Å². The lowest BCUT2D eigenvalue weighted by Gasteiger charge is -2.42. The zero-order valence-electron chi connectivity index (χ0n) is 12.4. The van der Waals surface area contributed by atoms with E-state index in [2.05, 4.69) is 4.90 Å². The van der Waals surface area contributed by atoms with Crippen molar-refractivity contribution in [3.63, 3.8) is 0 Å². The maximum atomic E-state index is 12.4. The minimum Gasteiger partial charge on any atom is -0.394 e. The van der Waals surface area contributed by atoms with Crippen LogP contribution >= 0.6 is 0 Å². The molecule has 1 N–H and O–H groups in total. The molecule has 0 aliphatic carbocycles. The Morgan fingerprint density at radius 2 is 2.15 bits per heavy atom. The van der Waals surface area contributed by atoms with Crippen LogP contribution in [0.4, 0.5) is 0 Å². The molecule has 1 atom stereocenters. The molecule has 20 heavy (non-hydrogen) atoms. The summed E-state index contributed by atoms with van der Waals surface area (Å²) in [6.45, 7) is 7.57. The summed E-state index contributed by atoms with van der Waals surface area (Å²) in [7, 11) is 0. The highest BCUT2D eigenvalue weighted by atomic mass is 16.5. The van der Waals surface area contributed by atoms with Gasteiger partial charge in [-0.05, 0) is 26.3 Å². The van der Waals surface area contributed by atoms with Crippen molar-refractivity contribution < 1.29 is 14.6 Å². The van der Waals surface area contributed by atoms with Gasteiger partial charge >= 0.3 is 0 Å². The van der Waals surface area contributed by atoms with Gasteiger partial charge in [-0.2, -0.15) is 0 Å². The number of nitrogens with zero attached hydrogens (tertiary/aromatic N) is 1. The second-order valence-electron chi connectivity index (χ2n) is 6.09. The van der Waals surface area contributed by atoms with Gasteiger partial charge < -0.3 is 9.84 Å². The van der Waals surface area contributed by atoms with Crippen molar-refractivity contribution in [2.45, 2.75) is 32.5 Å². The van der Waals surface area contributed by atoms with Gasteiger partial charge in [0, 0.05) is 18.7 Å². The number of benzene rings is 1. The Hall–Kier alpha value is -1.23. The van der Waals surface area contributed by atoms with Crippen molar-refractivity contribution in [3.8, 4) is 0 Å². The summed E-state index contributed by atoms with van der Waals surface area (Å²) in [6, 6.07) is 7.64. The summed E-state index contributed by atoms with van der Waals surface area (Å²) in [5.41, 5.74) is 1.44. The highest BCUT2D eigenvalue weighted by Crippen LogP contribution is 2.21. The summed E-state index contributed by atoms with van der Waals surface area (Å²) in [5.74, 6) is 0.123. The Labute approximate surface area is 120 Å². The van der Waals surface area contributed by atoms with Crippen LogP contribution in [0, 0.1) is 6.92 Å². The molecule has 1 unspecified atom stereocenters. The number of hydrogen-bond donors (Lipinski definition) is 1. The van der Waals surface area contributed by atoms with Crippen LogP contribution in [0.25, 0.3) is 0 Å². The molecule has 0 bridgehead atoms. The van der Waals surface area contributed by atoms with Crippen LogP contribution in [0.15, 0.2) is 24.3 Å². The predicted molar refractivity (Wildman–Crippen MR) is 78.0 cm³/mol. The Bertz CT molecular complexity index is 484. The largest absolute Gasteiger partial charge is 0.394 e. The summed E-state index contributed by atoms with van der Waals surface area (Å²) < 4.78 is 5.76. The first-order valence-electron chi connectivity index (χ1n) is 7.01. The normalized spacial score (nSPS) is 22.7. The van der Waals surface area contributed by atoms with Crippen molar-refractivity contribution in [2.75, 3.05) is 26.2 Å². The molecule has 1 aromatic rings. The van der Waals surface area contributed by atoms with Crippen LogP contribution in [-0.4, -0.2) is 53.7 Å². The van der Waals surface area contributed by atoms with Crippen molar-refractivity contribution in [3.05, 3.63) is 35.4 Å². The molecule has 110 valence electrons. The van der Waals surface area contributed by atoms with E-state index in [4.69, 9.17) is 4.74 Å². The number of carbonyl (C=O) groups excluding carboxylic acids is 1. The Morgan fingerprint density at radius 1 is 1.45 bits per heavy atom. The van der Waals surface area contributed by atoms with Crippen LogP contribution in [-0.2, 0) is 4.74 Å². The minimum atomic E-state index is -0.336. The topological polar surface area (TPSA) is 49.8 Å². The van der Waals surface area contributed by atoms with Crippen LogP contribution in [0.3, 0.4) is 0 Å². The van der Waals surface area contributed by atoms with E-state index in [-0.39, 0.29) is 24.1 Å². The molecule has 1 saturated heterocycles. The van der Waals surface area contributed by atoms with E-state index in [9.17, 15) is 9.90 Å². The number of carbonyl (C=O) groups is 1. The van der Waals surface area contributed by atoms with E-state index in [1.165, 1.54) is 0 Å². The number of rotatable bonds is 4. The first-order chi connectivity index (χ1) is 9.41. The molecule has 1 fully saturated rings. The highest BCUT2D eigenvalue weighted by Gasteiger charge is 2.33. The van der Waals surface area contributed by atoms with Crippen LogP contribution in [0.5, 0.6) is 0 Å². The molecular formula is C16H23NO3. The number of ether oxygens (including phenoxy) is 1. The first-order valence-corrected chi connectivity index (χ1v) is 7.01. The van der Waals surface area contributed by atoms with Crippen molar-refractivity contribution in [2.24, 2.45) is 0 Å². The predicted octanol–water partition coefficient (Wildman–Crippen LogP) is 1.65. The number of Topliss-reactive ketones (excluding diaryl/α,β-unsaturated/α-hetero) is 1. The highest BCUT2D eigenvalue weighted by molar-refractivity contribution is 5.98. The summed E-state index contributed by atoms with van der Waals surface area (Å²) in [5, 5.41) is 9.30. The van der Waals surface area contributed by atoms with Gasteiger partial charge in [0.1, 0.15) is 0 Å². The molecule has 0 saturated carbocycles. The lowest BCUT2D eigenvalue weighted by Crippen LogP contribution is -2.54. The second-order valence-corrected chi connectivity index (χ2v) is 6.09. The van der Waals surface area contributed by atoms with Crippen molar-refractivity contribution in [1.82, 2.24) is 4.90 Å². The van der Waals surface area contributed by atoms with Gasteiger partial charge in [0.05, 0.1) is 24.9 Å². The van der Waals surface area contributed by atoms with E-state index in [1.807, 2.05) is 45.0 Å². The molecule has 2 rings (SSSR count). The van der Waals surface area contributed by atoms with Gasteiger partial charge in [-0.25, -0.2) is 0 Å². The molecular weight excluding hydrogens is 254 g/mol. The Kier molecular flexibility index (Phi) is 4.58. The fourth-order valence-electron chi connectivity index (χ4n) is 2.81. The first kappa shape index (κ1) is 15.2. The number of aliphatic hydroxyl groups is 1. The number of aryl methyl sites for hydroxylation is 1. The molecule has 0 spiro atoms. The summed E-state index contributed by atoms with van der Waals surface area (Å²) in [4.78, 5) is 14.5. The van der Waals surface area contributed by atoms with Crippen LogP contribution < -0.4 is 0 Å². The molecule has 4 heteroatoms. The average molecular weight is 277 g/mol.